The van der Waals surface area contributed by atoms with Crippen LogP contribution in [0.1, 0.15) is 5.56 Å². The zero-order valence-corrected chi connectivity index (χ0v) is 8.99. The number of anilines is 2. The van der Waals surface area contributed by atoms with Crippen molar-refractivity contribution in [3.05, 3.63) is 47.4 Å². The molecule has 1 aromatic heterocycles. The van der Waals surface area contributed by atoms with E-state index in [-0.39, 0.29) is 0 Å². The maximum absolute atomic E-state index is 5.88. The van der Waals surface area contributed by atoms with Gasteiger partial charge in [-0.3, -0.25) is 0 Å². The third-order valence-corrected chi connectivity index (χ3v) is 2.21. The molecule has 0 radical (unpaired) electrons. The summed E-state index contributed by atoms with van der Waals surface area (Å²) in [5.74, 6) is 0.574. The Morgan fingerprint density at radius 3 is 2.73 bits per heavy atom. The number of halogens is 1. The van der Waals surface area contributed by atoms with Crippen LogP contribution < -0.4 is 5.32 Å². The first-order chi connectivity index (χ1) is 7.25. The van der Waals surface area contributed by atoms with E-state index in [4.69, 9.17) is 11.6 Å². The summed E-state index contributed by atoms with van der Waals surface area (Å²) < 4.78 is 0. The minimum atomic E-state index is 0.374. The Balaban J connectivity index is 2.26. The normalized spacial score (nSPS) is 10.0. The van der Waals surface area contributed by atoms with Gasteiger partial charge < -0.3 is 5.32 Å². The SMILES string of the molecule is Cc1cccc(Nc2nccnc2Cl)c1. The highest BCUT2D eigenvalue weighted by atomic mass is 35.5. The lowest BCUT2D eigenvalue weighted by Crippen LogP contribution is -1.95. The number of benzene rings is 1. The number of nitrogens with one attached hydrogen (secondary N) is 1. The van der Waals surface area contributed by atoms with Gasteiger partial charge in [-0.05, 0) is 24.6 Å². The van der Waals surface area contributed by atoms with Gasteiger partial charge in [0.05, 0.1) is 0 Å². The Hall–Kier alpha value is -1.61. The number of rotatable bonds is 2. The van der Waals surface area contributed by atoms with Crippen LogP contribution in [-0.2, 0) is 0 Å². The lowest BCUT2D eigenvalue weighted by atomic mass is 10.2. The molecule has 76 valence electrons. The number of aromatic nitrogens is 2. The van der Waals surface area contributed by atoms with Crippen molar-refractivity contribution in [2.45, 2.75) is 6.92 Å². The van der Waals surface area contributed by atoms with E-state index in [2.05, 4.69) is 15.3 Å². The first-order valence-corrected chi connectivity index (χ1v) is 4.94. The number of nitrogens with zero attached hydrogens (tertiary/aromatic N) is 2. The predicted molar refractivity (Wildman–Crippen MR) is 61.5 cm³/mol. The van der Waals surface area contributed by atoms with E-state index in [1.165, 1.54) is 5.56 Å². The highest BCUT2D eigenvalue weighted by Crippen LogP contribution is 2.20. The van der Waals surface area contributed by atoms with Crippen LogP contribution in [0.25, 0.3) is 0 Å². The molecule has 0 unspecified atom stereocenters. The Labute approximate surface area is 93.1 Å². The zero-order valence-electron chi connectivity index (χ0n) is 8.24. The maximum atomic E-state index is 5.88. The predicted octanol–water partition coefficient (Wildman–Crippen LogP) is 3.18. The van der Waals surface area contributed by atoms with Gasteiger partial charge in [0.2, 0.25) is 0 Å². The van der Waals surface area contributed by atoms with E-state index in [1.807, 2.05) is 31.2 Å². The largest absolute Gasteiger partial charge is 0.338 e. The lowest BCUT2D eigenvalue weighted by Gasteiger charge is -2.06. The van der Waals surface area contributed by atoms with Gasteiger partial charge in [0, 0.05) is 18.1 Å². The molecule has 2 aromatic rings. The van der Waals surface area contributed by atoms with Crippen LogP contribution in [0.15, 0.2) is 36.7 Å². The van der Waals surface area contributed by atoms with Gasteiger partial charge in [0.25, 0.3) is 0 Å². The summed E-state index contributed by atoms with van der Waals surface area (Å²) in [7, 11) is 0. The average Bonchev–Trinajstić information content (AvgIpc) is 2.22. The molecule has 0 atom stereocenters. The fraction of sp³-hybridized carbons (Fsp3) is 0.0909. The molecule has 0 bridgehead atoms. The summed E-state index contributed by atoms with van der Waals surface area (Å²) in [6.45, 7) is 2.03. The first-order valence-electron chi connectivity index (χ1n) is 4.56. The molecule has 0 aliphatic carbocycles. The second kappa shape index (κ2) is 4.28. The molecule has 0 aliphatic heterocycles. The average molecular weight is 220 g/mol. The topological polar surface area (TPSA) is 37.8 Å². The molecule has 0 fully saturated rings. The van der Waals surface area contributed by atoms with Gasteiger partial charge >= 0.3 is 0 Å². The number of hydrogen-bond acceptors (Lipinski definition) is 3. The Morgan fingerprint density at radius 2 is 2.00 bits per heavy atom. The van der Waals surface area contributed by atoms with Crippen LogP contribution >= 0.6 is 11.6 Å². The molecule has 0 amide bonds. The fourth-order valence-electron chi connectivity index (χ4n) is 1.26. The molecular formula is C11H10ClN3. The first kappa shape index (κ1) is 9.93. The van der Waals surface area contributed by atoms with Gasteiger partial charge in [-0.1, -0.05) is 23.7 Å². The van der Waals surface area contributed by atoms with Crippen LogP contribution in [0.3, 0.4) is 0 Å². The van der Waals surface area contributed by atoms with E-state index >= 15 is 0 Å². The minimum Gasteiger partial charge on any atom is -0.338 e. The van der Waals surface area contributed by atoms with E-state index in [0.29, 0.717) is 11.0 Å². The van der Waals surface area contributed by atoms with Gasteiger partial charge in [-0.2, -0.15) is 0 Å². The van der Waals surface area contributed by atoms with E-state index in [1.54, 1.807) is 12.4 Å². The second-order valence-corrected chi connectivity index (χ2v) is 3.55. The second-order valence-electron chi connectivity index (χ2n) is 3.19. The van der Waals surface area contributed by atoms with Gasteiger partial charge in [0.15, 0.2) is 11.0 Å². The molecule has 1 aromatic carbocycles. The fourth-order valence-corrected chi connectivity index (χ4v) is 1.42. The third kappa shape index (κ3) is 2.44. The number of hydrogen-bond donors (Lipinski definition) is 1. The standard InChI is InChI=1S/C11H10ClN3/c1-8-3-2-4-9(7-8)15-11-10(12)13-5-6-14-11/h2-7H,1H3,(H,14,15). The van der Waals surface area contributed by atoms with Gasteiger partial charge in [-0.25, -0.2) is 9.97 Å². The third-order valence-electron chi connectivity index (χ3n) is 1.93. The molecular weight excluding hydrogens is 210 g/mol. The highest BCUT2D eigenvalue weighted by molar-refractivity contribution is 6.31. The molecule has 15 heavy (non-hydrogen) atoms. The van der Waals surface area contributed by atoms with Crippen molar-refractivity contribution in [2.24, 2.45) is 0 Å². The molecule has 2 rings (SSSR count). The summed E-state index contributed by atoms with van der Waals surface area (Å²) in [5.41, 5.74) is 2.14. The maximum Gasteiger partial charge on any atom is 0.171 e. The number of aryl methyl sites for hydroxylation is 1. The quantitative estimate of drug-likeness (QED) is 0.843. The summed E-state index contributed by atoms with van der Waals surface area (Å²) >= 11 is 5.88. The van der Waals surface area contributed by atoms with Crippen molar-refractivity contribution in [1.82, 2.24) is 9.97 Å². The summed E-state index contributed by atoms with van der Waals surface area (Å²) in [6, 6.07) is 7.98. The smallest absolute Gasteiger partial charge is 0.171 e. The van der Waals surface area contributed by atoms with Crippen molar-refractivity contribution in [3.63, 3.8) is 0 Å². The molecule has 3 nitrogen and oxygen atoms in total. The van der Waals surface area contributed by atoms with Crippen molar-refractivity contribution in [2.75, 3.05) is 5.32 Å². The van der Waals surface area contributed by atoms with Crippen molar-refractivity contribution in [1.29, 1.82) is 0 Å². The Bertz CT molecular complexity index is 471. The van der Waals surface area contributed by atoms with Crippen molar-refractivity contribution >= 4 is 23.1 Å². The molecule has 0 saturated carbocycles. The lowest BCUT2D eigenvalue weighted by molar-refractivity contribution is 1.20. The monoisotopic (exact) mass is 219 g/mol. The molecule has 1 heterocycles. The summed E-state index contributed by atoms with van der Waals surface area (Å²) in [5, 5.41) is 3.48. The van der Waals surface area contributed by atoms with Crippen LogP contribution in [0.2, 0.25) is 5.15 Å². The molecule has 0 saturated heterocycles. The molecule has 0 spiro atoms. The van der Waals surface area contributed by atoms with Crippen LogP contribution in [0.5, 0.6) is 0 Å². The highest BCUT2D eigenvalue weighted by Gasteiger charge is 2.01. The van der Waals surface area contributed by atoms with Crippen molar-refractivity contribution in [3.8, 4) is 0 Å². The van der Waals surface area contributed by atoms with Crippen LogP contribution in [0, 0.1) is 6.92 Å². The molecule has 0 aliphatic rings. The van der Waals surface area contributed by atoms with Crippen LogP contribution in [-0.4, -0.2) is 9.97 Å². The molecule has 4 heteroatoms. The molecule has 1 N–H and O–H groups in total. The summed E-state index contributed by atoms with van der Waals surface area (Å²) in [6.07, 6.45) is 3.16. The van der Waals surface area contributed by atoms with E-state index < -0.39 is 0 Å². The van der Waals surface area contributed by atoms with Crippen LogP contribution in [0.4, 0.5) is 11.5 Å². The van der Waals surface area contributed by atoms with Gasteiger partial charge in [-0.15, -0.1) is 0 Å². The summed E-state index contributed by atoms with van der Waals surface area (Å²) in [4.78, 5) is 8.04. The Morgan fingerprint density at radius 1 is 1.20 bits per heavy atom. The van der Waals surface area contributed by atoms with E-state index in [9.17, 15) is 0 Å². The van der Waals surface area contributed by atoms with Gasteiger partial charge in [0.1, 0.15) is 0 Å². The van der Waals surface area contributed by atoms with E-state index in [0.717, 1.165) is 5.69 Å². The minimum absolute atomic E-state index is 0.374. The Kier molecular flexibility index (Phi) is 2.83. The van der Waals surface area contributed by atoms with Crippen molar-refractivity contribution < 1.29 is 0 Å². The zero-order chi connectivity index (χ0) is 10.7.